The van der Waals surface area contributed by atoms with Crippen LogP contribution in [0, 0.1) is 0 Å². The monoisotopic (exact) mass is 328 g/mol. The molecule has 1 heterocycles. The first-order chi connectivity index (χ1) is 11.2. The molecule has 1 aliphatic carbocycles. The first-order valence-electron chi connectivity index (χ1n) is 8.41. The second kappa shape index (κ2) is 7.64. The van der Waals surface area contributed by atoms with E-state index in [4.69, 9.17) is 0 Å². The Morgan fingerprint density at radius 1 is 1.22 bits per heavy atom. The van der Waals surface area contributed by atoms with Crippen molar-refractivity contribution in [3.8, 4) is 0 Å². The van der Waals surface area contributed by atoms with Crippen LogP contribution in [0.3, 0.4) is 0 Å². The SMILES string of the molecule is CC(NC(=O)NCCc1cccs1)c1ccc2c(c1)CCCC2. The van der Waals surface area contributed by atoms with E-state index in [1.807, 2.05) is 13.0 Å². The lowest BCUT2D eigenvalue weighted by atomic mass is 9.89. The van der Waals surface area contributed by atoms with E-state index in [-0.39, 0.29) is 12.1 Å². The zero-order valence-electron chi connectivity index (χ0n) is 13.6. The molecule has 1 aromatic carbocycles. The highest BCUT2D eigenvalue weighted by Crippen LogP contribution is 2.24. The van der Waals surface area contributed by atoms with Crippen LogP contribution >= 0.6 is 11.3 Å². The molecule has 0 aliphatic heterocycles. The van der Waals surface area contributed by atoms with Gasteiger partial charge in [0.15, 0.2) is 0 Å². The van der Waals surface area contributed by atoms with Crippen molar-refractivity contribution in [3.63, 3.8) is 0 Å². The molecule has 0 radical (unpaired) electrons. The fourth-order valence-electron chi connectivity index (χ4n) is 3.11. The third kappa shape index (κ3) is 4.35. The molecule has 23 heavy (non-hydrogen) atoms. The van der Waals surface area contributed by atoms with E-state index in [0.29, 0.717) is 6.54 Å². The van der Waals surface area contributed by atoms with Gasteiger partial charge in [-0.1, -0.05) is 24.3 Å². The maximum atomic E-state index is 12.0. The fraction of sp³-hybridized carbons (Fsp3) is 0.421. The van der Waals surface area contributed by atoms with Crippen molar-refractivity contribution in [2.45, 2.75) is 45.1 Å². The number of urea groups is 1. The van der Waals surface area contributed by atoms with Crippen molar-refractivity contribution in [3.05, 3.63) is 57.3 Å². The molecule has 0 fully saturated rings. The van der Waals surface area contributed by atoms with E-state index < -0.39 is 0 Å². The van der Waals surface area contributed by atoms with Crippen LogP contribution in [-0.2, 0) is 19.3 Å². The summed E-state index contributed by atoms with van der Waals surface area (Å²) >= 11 is 1.73. The lowest BCUT2D eigenvalue weighted by molar-refractivity contribution is 0.238. The highest BCUT2D eigenvalue weighted by Gasteiger charge is 2.13. The zero-order valence-corrected chi connectivity index (χ0v) is 14.4. The van der Waals surface area contributed by atoms with Gasteiger partial charge in [0.1, 0.15) is 0 Å². The van der Waals surface area contributed by atoms with Crippen LogP contribution in [0.15, 0.2) is 35.7 Å². The van der Waals surface area contributed by atoms with Crippen molar-refractivity contribution < 1.29 is 4.79 Å². The summed E-state index contributed by atoms with van der Waals surface area (Å²) in [5.74, 6) is 0. The largest absolute Gasteiger partial charge is 0.338 e. The number of amides is 2. The molecule has 122 valence electrons. The van der Waals surface area contributed by atoms with Crippen LogP contribution in [0.5, 0.6) is 0 Å². The van der Waals surface area contributed by atoms with E-state index in [1.54, 1.807) is 11.3 Å². The molecular weight excluding hydrogens is 304 g/mol. The number of hydrogen-bond acceptors (Lipinski definition) is 2. The Morgan fingerprint density at radius 2 is 2.04 bits per heavy atom. The number of fused-ring (bicyclic) bond motifs is 1. The van der Waals surface area contributed by atoms with Gasteiger partial charge >= 0.3 is 6.03 Å². The molecule has 0 bridgehead atoms. The van der Waals surface area contributed by atoms with E-state index in [1.165, 1.54) is 47.3 Å². The Balaban J connectivity index is 1.50. The van der Waals surface area contributed by atoms with E-state index in [9.17, 15) is 4.79 Å². The van der Waals surface area contributed by atoms with Crippen LogP contribution in [-0.4, -0.2) is 12.6 Å². The van der Waals surface area contributed by atoms with Gasteiger partial charge in [0.2, 0.25) is 0 Å². The number of nitrogens with one attached hydrogen (secondary N) is 2. The molecule has 4 heteroatoms. The van der Waals surface area contributed by atoms with Gasteiger partial charge in [0, 0.05) is 11.4 Å². The summed E-state index contributed by atoms with van der Waals surface area (Å²) < 4.78 is 0. The molecule has 1 aliphatic rings. The quantitative estimate of drug-likeness (QED) is 0.847. The highest BCUT2D eigenvalue weighted by molar-refractivity contribution is 7.09. The molecule has 1 atom stereocenters. The summed E-state index contributed by atoms with van der Waals surface area (Å²) in [4.78, 5) is 13.3. The summed E-state index contributed by atoms with van der Waals surface area (Å²) in [5, 5.41) is 8.04. The van der Waals surface area contributed by atoms with Crippen molar-refractivity contribution >= 4 is 17.4 Å². The predicted molar refractivity (Wildman–Crippen MR) is 96.1 cm³/mol. The van der Waals surface area contributed by atoms with Crippen LogP contribution in [0.1, 0.15) is 47.4 Å². The van der Waals surface area contributed by atoms with Gasteiger partial charge in [-0.2, -0.15) is 0 Å². The summed E-state index contributed by atoms with van der Waals surface area (Å²) in [6, 6.07) is 10.7. The Hall–Kier alpha value is -1.81. The van der Waals surface area contributed by atoms with Gasteiger partial charge in [-0.15, -0.1) is 11.3 Å². The average Bonchev–Trinajstić information content (AvgIpc) is 3.07. The Morgan fingerprint density at radius 3 is 2.83 bits per heavy atom. The molecule has 1 aromatic heterocycles. The third-order valence-electron chi connectivity index (χ3n) is 4.46. The maximum Gasteiger partial charge on any atom is 0.315 e. The number of rotatable bonds is 5. The summed E-state index contributed by atoms with van der Waals surface area (Å²) in [5.41, 5.74) is 4.13. The molecule has 0 saturated carbocycles. The minimum absolute atomic E-state index is 0.0314. The summed E-state index contributed by atoms with van der Waals surface area (Å²) in [6.45, 7) is 2.71. The van der Waals surface area contributed by atoms with E-state index in [0.717, 1.165) is 6.42 Å². The fourth-order valence-corrected chi connectivity index (χ4v) is 3.82. The summed E-state index contributed by atoms with van der Waals surface area (Å²) in [7, 11) is 0. The molecule has 1 unspecified atom stereocenters. The lowest BCUT2D eigenvalue weighted by Crippen LogP contribution is -2.38. The van der Waals surface area contributed by atoms with Crippen molar-refractivity contribution in [1.82, 2.24) is 10.6 Å². The standard InChI is InChI=1S/C19H24N2OS/c1-14(16-9-8-15-5-2-3-6-17(15)13-16)21-19(22)20-11-10-18-7-4-12-23-18/h4,7-9,12-14H,2-3,5-6,10-11H2,1H3,(H2,20,21,22). The minimum Gasteiger partial charge on any atom is -0.338 e. The number of carbonyl (C=O) groups excluding carboxylic acids is 1. The summed E-state index contributed by atoms with van der Waals surface area (Å²) in [6.07, 6.45) is 5.83. The van der Waals surface area contributed by atoms with Crippen molar-refractivity contribution in [2.75, 3.05) is 6.54 Å². The number of benzene rings is 1. The number of aryl methyl sites for hydroxylation is 2. The first kappa shape index (κ1) is 16.1. The number of thiophene rings is 1. The Bertz CT molecular complexity index is 651. The maximum absolute atomic E-state index is 12.0. The third-order valence-corrected chi connectivity index (χ3v) is 5.39. The Labute approximate surface area is 142 Å². The average molecular weight is 328 g/mol. The van der Waals surface area contributed by atoms with Crippen molar-refractivity contribution in [1.29, 1.82) is 0 Å². The van der Waals surface area contributed by atoms with Gasteiger partial charge < -0.3 is 10.6 Å². The van der Waals surface area contributed by atoms with Crippen LogP contribution in [0.25, 0.3) is 0 Å². The van der Waals surface area contributed by atoms with E-state index >= 15 is 0 Å². The molecule has 0 spiro atoms. The molecular formula is C19H24N2OS. The lowest BCUT2D eigenvalue weighted by Gasteiger charge is -2.20. The number of hydrogen-bond donors (Lipinski definition) is 2. The van der Waals surface area contributed by atoms with Gasteiger partial charge in [-0.05, 0) is 67.2 Å². The van der Waals surface area contributed by atoms with Gasteiger partial charge in [-0.3, -0.25) is 0 Å². The Kier molecular flexibility index (Phi) is 5.34. The first-order valence-corrected chi connectivity index (χ1v) is 9.29. The van der Waals surface area contributed by atoms with Crippen molar-refractivity contribution in [2.24, 2.45) is 0 Å². The zero-order chi connectivity index (χ0) is 16.1. The number of carbonyl (C=O) groups is 1. The second-order valence-corrected chi connectivity index (χ2v) is 7.22. The van der Waals surface area contributed by atoms with Gasteiger partial charge in [0.05, 0.1) is 6.04 Å². The highest BCUT2D eigenvalue weighted by atomic mass is 32.1. The van der Waals surface area contributed by atoms with E-state index in [2.05, 4.69) is 40.3 Å². The smallest absolute Gasteiger partial charge is 0.315 e. The van der Waals surface area contributed by atoms with Crippen LogP contribution in [0.4, 0.5) is 4.79 Å². The second-order valence-electron chi connectivity index (χ2n) is 6.19. The normalized spacial score (nSPS) is 14.8. The van der Waals surface area contributed by atoms with Crippen LogP contribution in [0.2, 0.25) is 0 Å². The predicted octanol–water partition coefficient (Wildman–Crippen LogP) is 4.23. The molecule has 2 aromatic rings. The molecule has 2 amide bonds. The molecule has 2 N–H and O–H groups in total. The topological polar surface area (TPSA) is 41.1 Å². The van der Waals surface area contributed by atoms with Crippen LogP contribution < -0.4 is 10.6 Å². The molecule has 0 saturated heterocycles. The molecule has 3 nitrogen and oxygen atoms in total. The minimum atomic E-state index is -0.0909. The molecule has 3 rings (SSSR count). The van der Waals surface area contributed by atoms with Gasteiger partial charge in [0.25, 0.3) is 0 Å². The van der Waals surface area contributed by atoms with Gasteiger partial charge in [-0.25, -0.2) is 4.79 Å².